The molecule has 0 aliphatic heterocycles. The summed E-state index contributed by atoms with van der Waals surface area (Å²) in [6.45, 7) is 0. The predicted molar refractivity (Wildman–Crippen MR) is 101 cm³/mol. The molecule has 1 aromatic carbocycles. The van der Waals surface area contributed by atoms with Gasteiger partial charge in [-0.05, 0) is 43.0 Å². The summed E-state index contributed by atoms with van der Waals surface area (Å²) in [5.41, 5.74) is 2.41. The molecule has 1 aliphatic carbocycles. The fraction of sp³-hybridized carbons (Fsp3) is 0.167. The van der Waals surface area contributed by atoms with E-state index in [0.29, 0.717) is 31.9 Å². The van der Waals surface area contributed by atoms with Crippen LogP contribution in [0.4, 0.5) is 5.00 Å². The summed E-state index contributed by atoms with van der Waals surface area (Å²) in [7, 11) is 0. The molecule has 0 spiro atoms. The van der Waals surface area contributed by atoms with Gasteiger partial charge in [-0.2, -0.15) is 5.26 Å². The first kappa shape index (κ1) is 17.1. The van der Waals surface area contributed by atoms with E-state index in [4.69, 9.17) is 27.7 Å². The third kappa shape index (κ3) is 2.99. The van der Waals surface area contributed by atoms with Crippen LogP contribution in [0.5, 0.6) is 0 Å². The monoisotopic (exact) mass is 403 g/mol. The van der Waals surface area contributed by atoms with Gasteiger partial charge in [0.15, 0.2) is 11.5 Å². The number of amides is 1. The Kier molecular flexibility index (Phi) is 4.45. The molecule has 0 saturated carbocycles. The molecule has 26 heavy (non-hydrogen) atoms. The van der Waals surface area contributed by atoms with Crippen molar-refractivity contribution in [3.8, 4) is 17.4 Å². The van der Waals surface area contributed by atoms with Gasteiger partial charge in [-0.25, -0.2) is 0 Å². The molecule has 1 aliphatic rings. The Hall–Kier alpha value is -2.33. The number of hydrogen-bond acceptors (Lipinski definition) is 5. The number of nitrogens with one attached hydrogen (secondary N) is 1. The first-order valence-corrected chi connectivity index (χ1v) is 9.42. The van der Waals surface area contributed by atoms with Gasteiger partial charge in [0.25, 0.3) is 5.91 Å². The molecule has 2 heterocycles. The van der Waals surface area contributed by atoms with E-state index in [9.17, 15) is 10.1 Å². The number of anilines is 1. The van der Waals surface area contributed by atoms with E-state index in [0.717, 1.165) is 24.8 Å². The van der Waals surface area contributed by atoms with Crippen LogP contribution in [0.15, 0.2) is 28.8 Å². The SMILES string of the molecule is N#Cc1c(NC(=O)c2cc(-c3ccc(Cl)c(Cl)c3)on2)sc2c1CCC2. The van der Waals surface area contributed by atoms with E-state index >= 15 is 0 Å². The molecule has 5 nitrogen and oxygen atoms in total. The van der Waals surface area contributed by atoms with E-state index in [1.165, 1.54) is 22.3 Å². The number of carbonyl (C=O) groups is 1. The summed E-state index contributed by atoms with van der Waals surface area (Å²) in [4.78, 5) is 13.7. The molecule has 130 valence electrons. The number of aromatic nitrogens is 1. The highest BCUT2D eigenvalue weighted by atomic mass is 35.5. The number of thiophene rings is 1. The first-order chi connectivity index (χ1) is 12.6. The van der Waals surface area contributed by atoms with E-state index in [1.54, 1.807) is 18.2 Å². The second-order valence-electron chi connectivity index (χ2n) is 5.83. The minimum absolute atomic E-state index is 0.128. The zero-order valence-corrected chi connectivity index (χ0v) is 15.6. The average Bonchev–Trinajstić information content (AvgIpc) is 3.32. The number of halogens is 2. The predicted octanol–water partition coefficient (Wildman–Crippen LogP) is 5.32. The summed E-state index contributed by atoms with van der Waals surface area (Å²) < 4.78 is 5.25. The number of carbonyl (C=O) groups excluding carboxylic acids is 1. The maximum Gasteiger partial charge on any atom is 0.278 e. The van der Waals surface area contributed by atoms with Crippen molar-refractivity contribution in [1.29, 1.82) is 5.26 Å². The Labute approximate surface area is 163 Å². The lowest BCUT2D eigenvalue weighted by molar-refractivity contribution is 0.101. The quantitative estimate of drug-likeness (QED) is 0.641. The maximum absolute atomic E-state index is 12.5. The Morgan fingerprint density at radius 3 is 2.88 bits per heavy atom. The Bertz CT molecular complexity index is 1070. The van der Waals surface area contributed by atoms with E-state index in [1.807, 2.05) is 0 Å². The van der Waals surface area contributed by atoms with Crippen molar-refractivity contribution in [3.63, 3.8) is 0 Å². The number of nitriles is 1. The van der Waals surface area contributed by atoms with Gasteiger partial charge in [0.2, 0.25) is 0 Å². The van der Waals surface area contributed by atoms with Gasteiger partial charge in [-0.3, -0.25) is 4.79 Å². The molecule has 0 saturated heterocycles. The normalized spacial score (nSPS) is 12.7. The molecule has 1 amide bonds. The van der Waals surface area contributed by atoms with Gasteiger partial charge in [0, 0.05) is 16.5 Å². The van der Waals surface area contributed by atoms with Crippen LogP contribution < -0.4 is 5.32 Å². The van der Waals surface area contributed by atoms with E-state index in [2.05, 4.69) is 16.5 Å². The molecule has 3 aromatic rings. The fourth-order valence-electron chi connectivity index (χ4n) is 2.95. The van der Waals surface area contributed by atoms with Crippen molar-refractivity contribution in [2.24, 2.45) is 0 Å². The van der Waals surface area contributed by atoms with E-state index in [-0.39, 0.29) is 5.69 Å². The number of hydrogen-bond donors (Lipinski definition) is 1. The lowest BCUT2D eigenvalue weighted by Crippen LogP contribution is -2.12. The van der Waals surface area contributed by atoms with Crippen molar-refractivity contribution in [2.45, 2.75) is 19.3 Å². The summed E-state index contributed by atoms with van der Waals surface area (Å²) in [5.74, 6) is -0.0145. The molecule has 0 atom stereocenters. The van der Waals surface area contributed by atoms with Gasteiger partial charge >= 0.3 is 0 Å². The lowest BCUT2D eigenvalue weighted by Gasteiger charge is -2.00. The van der Waals surface area contributed by atoms with Crippen LogP contribution in [-0.4, -0.2) is 11.1 Å². The number of benzene rings is 1. The molecular weight excluding hydrogens is 393 g/mol. The van der Waals surface area contributed by atoms with Crippen molar-refractivity contribution in [1.82, 2.24) is 5.16 Å². The molecule has 4 rings (SSSR count). The zero-order valence-electron chi connectivity index (χ0n) is 13.3. The van der Waals surface area contributed by atoms with E-state index < -0.39 is 5.91 Å². The third-order valence-electron chi connectivity index (χ3n) is 4.21. The van der Waals surface area contributed by atoms with Crippen LogP contribution in [0.25, 0.3) is 11.3 Å². The van der Waals surface area contributed by atoms with Crippen LogP contribution in [0.2, 0.25) is 10.0 Å². The van der Waals surface area contributed by atoms with Gasteiger partial charge in [-0.15, -0.1) is 11.3 Å². The minimum Gasteiger partial charge on any atom is -0.355 e. The number of aryl methyl sites for hydroxylation is 1. The average molecular weight is 404 g/mol. The summed E-state index contributed by atoms with van der Waals surface area (Å²) in [5, 5.41) is 17.4. The zero-order chi connectivity index (χ0) is 18.3. The van der Waals surface area contributed by atoms with Crippen molar-refractivity contribution in [2.75, 3.05) is 5.32 Å². The van der Waals surface area contributed by atoms with Crippen molar-refractivity contribution >= 4 is 45.4 Å². The topological polar surface area (TPSA) is 78.9 Å². The Morgan fingerprint density at radius 1 is 1.27 bits per heavy atom. The molecular formula is C18H11Cl2N3O2S. The largest absolute Gasteiger partial charge is 0.355 e. The molecule has 0 unspecified atom stereocenters. The Balaban J connectivity index is 1.58. The fourth-order valence-corrected chi connectivity index (χ4v) is 4.48. The van der Waals surface area contributed by atoms with Crippen LogP contribution in [0, 0.1) is 11.3 Å². The summed E-state index contributed by atoms with van der Waals surface area (Å²) in [6.07, 6.45) is 2.90. The van der Waals surface area contributed by atoms with Crippen molar-refractivity contribution < 1.29 is 9.32 Å². The van der Waals surface area contributed by atoms with Gasteiger partial charge in [-0.1, -0.05) is 28.4 Å². The van der Waals surface area contributed by atoms with Crippen LogP contribution in [0.1, 0.15) is 32.9 Å². The lowest BCUT2D eigenvalue weighted by atomic mass is 10.1. The minimum atomic E-state index is -0.420. The smallest absolute Gasteiger partial charge is 0.278 e. The van der Waals surface area contributed by atoms with Crippen molar-refractivity contribution in [3.05, 3.63) is 56.0 Å². The molecule has 0 bridgehead atoms. The number of fused-ring (bicyclic) bond motifs is 1. The van der Waals surface area contributed by atoms with Crippen LogP contribution in [-0.2, 0) is 12.8 Å². The number of nitrogens with zero attached hydrogens (tertiary/aromatic N) is 2. The standard InChI is InChI=1S/C18H11Cl2N3O2S/c19-12-5-4-9(6-13(12)20)15-7-14(23-25-15)17(24)22-18-11(8-21)10-2-1-3-16(10)26-18/h4-7H,1-3H2,(H,22,24). The van der Waals surface area contributed by atoms with Crippen LogP contribution in [0.3, 0.4) is 0 Å². The number of rotatable bonds is 3. The highest BCUT2D eigenvalue weighted by Gasteiger charge is 2.24. The third-order valence-corrected chi connectivity index (χ3v) is 6.15. The first-order valence-electron chi connectivity index (χ1n) is 7.85. The highest BCUT2D eigenvalue weighted by Crippen LogP contribution is 2.38. The van der Waals surface area contributed by atoms with Gasteiger partial charge in [0.05, 0.1) is 15.6 Å². The summed E-state index contributed by atoms with van der Waals surface area (Å²) in [6, 6.07) is 8.75. The second-order valence-corrected chi connectivity index (χ2v) is 7.75. The van der Waals surface area contributed by atoms with Gasteiger partial charge in [0.1, 0.15) is 11.1 Å². The van der Waals surface area contributed by atoms with Gasteiger partial charge < -0.3 is 9.84 Å². The molecule has 0 fully saturated rings. The second kappa shape index (κ2) is 6.76. The molecule has 0 radical (unpaired) electrons. The maximum atomic E-state index is 12.5. The molecule has 8 heteroatoms. The highest BCUT2D eigenvalue weighted by molar-refractivity contribution is 7.16. The molecule has 1 N–H and O–H groups in total. The Morgan fingerprint density at radius 2 is 2.12 bits per heavy atom. The van der Waals surface area contributed by atoms with Crippen LogP contribution >= 0.6 is 34.5 Å². The molecule has 2 aromatic heterocycles. The summed E-state index contributed by atoms with van der Waals surface area (Å²) >= 11 is 13.4.